The standard InChI is InChI=1S/C18H13F6N3O3/c1-3-30-16(29)13-12(18(22,23)24)14-15(28)25-11(7-27(14)26-13)9-4-5-10(8(2)6-9)17(19,20)21/h4-7H,3H2,1-2H3,(H,25,28). The maximum Gasteiger partial charge on any atom is 0.421 e. The Balaban J connectivity index is 2.23. The number of nitrogens with one attached hydrogen (secondary N) is 1. The van der Waals surface area contributed by atoms with Crippen LogP contribution in [0.2, 0.25) is 0 Å². The number of H-pyrrole nitrogens is 1. The first-order valence-corrected chi connectivity index (χ1v) is 8.42. The Hall–Kier alpha value is -3.31. The summed E-state index contributed by atoms with van der Waals surface area (Å²) < 4.78 is 84.4. The van der Waals surface area contributed by atoms with Crippen LogP contribution < -0.4 is 5.56 Å². The molecule has 160 valence electrons. The second-order valence-electron chi connectivity index (χ2n) is 6.26. The lowest BCUT2D eigenvalue weighted by atomic mass is 10.0. The van der Waals surface area contributed by atoms with Gasteiger partial charge in [0, 0.05) is 0 Å². The van der Waals surface area contributed by atoms with Gasteiger partial charge < -0.3 is 9.72 Å². The van der Waals surface area contributed by atoms with Crippen LogP contribution in [0.5, 0.6) is 0 Å². The number of carbonyl (C=O) groups excluding carboxylic acids is 1. The largest absolute Gasteiger partial charge is 0.461 e. The first-order chi connectivity index (χ1) is 13.8. The normalized spacial score (nSPS) is 12.4. The second-order valence-corrected chi connectivity index (χ2v) is 6.26. The molecule has 0 saturated heterocycles. The van der Waals surface area contributed by atoms with E-state index in [1.54, 1.807) is 0 Å². The Bertz CT molecular complexity index is 1190. The van der Waals surface area contributed by atoms with Gasteiger partial charge in [0.15, 0.2) is 5.69 Å². The van der Waals surface area contributed by atoms with Crippen molar-refractivity contribution < 1.29 is 35.9 Å². The molecule has 3 rings (SSSR count). The van der Waals surface area contributed by atoms with E-state index in [2.05, 4.69) is 14.8 Å². The van der Waals surface area contributed by atoms with Crippen LogP contribution in [0, 0.1) is 6.92 Å². The SMILES string of the molecule is CCOC(=O)c1nn2cc(-c3ccc(C(F)(F)F)c(C)c3)[nH]c(=O)c2c1C(F)(F)F. The van der Waals surface area contributed by atoms with Crippen molar-refractivity contribution in [2.75, 3.05) is 6.61 Å². The van der Waals surface area contributed by atoms with E-state index in [9.17, 15) is 35.9 Å². The van der Waals surface area contributed by atoms with Crippen LogP contribution >= 0.6 is 0 Å². The molecular weight excluding hydrogens is 420 g/mol. The summed E-state index contributed by atoms with van der Waals surface area (Å²) in [6, 6.07) is 2.98. The van der Waals surface area contributed by atoms with Crippen molar-refractivity contribution in [1.82, 2.24) is 14.6 Å². The number of hydrogen-bond donors (Lipinski definition) is 1. The summed E-state index contributed by atoms with van der Waals surface area (Å²) in [5, 5.41) is 3.55. The predicted molar refractivity (Wildman–Crippen MR) is 91.9 cm³/mol. The van der Waals surface area contributed by atoms with Crippen LogP contribution in [0.1, 0.15) is 34.1 Å². The van der Waals surface area contributed by atoms with E-state index in [1.807, 2.05) is 0 Å². The first kappa shape index (κ1) is 21.4. The maximum absolute atomic E-state index is 13.5. The zero-order chi connectivity index (χ0) is 22.4. The number of carbonyl (C=O) groups is 1. The van der Waals surface area contributed by atoms with Crippen LogP contribution in [0.3, 0.4) is 0 Å². The number of benzene rings is 1. The minimum Gasteiger partial charge on any atom is -0.461 e. The monoisotopic (exact) mass is 433 g/mol. The van der Waals surface area contributed by atoms with Gasteiger partial charge in [0.25, 0.3) is 5.56 Å². The predicted octanol–water partition coefficient (Wildman–Crippen LogP) is 4.21. The summed E-state index contributed by atoms with van der Waals surface area (Å²) in [6.07, 6.45) is -8.68. The number of esters is 1. The summed E-state index contributed by atoms with van der Waals surface area (Å²) in [6.45, 7) is 2.38. The van der Waals surface area contributed by atoms with Crippen LogP contribution in [0.25, 0.3) is 16.8 Å². The van der Waals surface area contributed by atoms with Crippen LogP contribution in [-0.4, -0.2) is 27.2 Å². The maximum atomic E-state index is 13.5. The fourth-order valence-corrected chi connectivity index (χ4v) is 2.99. The number of fused-ring (bicyclic) bond motifs is 1. The molecule has 2 aromatic heterocycles. The molecule has 1 aromatic carbocycles. The van der Waals surface area contributed by atoms with Gasteiger partial charge in [0.1, 0.15) is 11.1 Å². The molecule has 3 aromatic rings. The molecule has 0 aliphatic rings. The van der Waals surface area contributed by atoms with Gasteiger partial charge in [-0.2, -0.15) is 31.4 Å². The van der Waals surface area contributed by atoms with Gasteiger partial charge in [0.2, 0.25) is 0 Å². The highest BCUT2D eigenvalue weighted by Gasteiger charge is 2.42. The third kappa shape index (κ3) is 3.76. The Morgan fingerprint density at radius 1 is 1.17 bits per heavy atom. The molecule has 2 heterocycles. The lowest BCUT2D eigenvalue weighted by molar-refractivity contribution is -0.138. The second kappa shape index (κ2) is 7.18. The number of nitrogens with zero attached hydrogens (tertiary/aromatic N) is 2. The fraction of sp³-hybridized carbons (Fsp3) is 0.278. The number of aryl methyl sites for hydroxylation is 1. The average Bonchev–Trinajstić information content (AvgIpc) is 3.01. The van der Waals surface area contributed by atoms with Gasteiger partial charge in [-0.1, -0.05) is 6.07 Å². The molecule has 0 aliphatic heterocycles. The van der Waals surface area contributed by atoms with Crippen molar-refractivity contribution >= 4 is 11.5 Å². The summed E-state index contributed by atoms with van der Waals surface area (Å²) in [5.74, 6) is -1.36. The van der Waals surface area contributed by atoms with E-state index in [4.69, 9.17) is 0 Å². The van der Waals surface area contributed by atoms with E-state index >= 15 is 0 Å². The molecule has 12 heteroatoms. The van der Waals surface area contributed by atoms with Gasteiger partial charge >= 0.3 is 18.3 Å². The number of aromatic amines is 1. The molecule has 0 unspecified atom stereocenters. The smallest absolute Gasteiger partial charge is 0.421 e. The molecule has 0 saturated carbocycles. The number of alkyl halides is 6. The number of ether oxygens (including phenoxy) is 1. The zero-order valence-electron chi connectivity index (χ0n) is 15.4. The van der Waals surface area contributed by atoms with Crippen LogP contribution in [0.4, 0.5) is 26.3 Å². The molecule has 30 heavy (non-hydrogen) atoms. The Labute approximate surface area is 164 Å². The highest BCUT2D eigenvalue weighted by Crippen LogP contribution is 2.36. The molecule has 0 aliphatic carbocycles. The number of hydrogen-bond acceptors (Lipinski definition) is 4. The number of rotatable bonds is 3. The Morgan fingerprint density at radius 3 is 2.37 bits per heavy atom. The zero-order valence-corrected chi connectivity index (χ0v) is 15.4. The third-order valence-electron chi connectivity index (χ3n) is 4.22. The fourth-order valence-electron chi connectivity index (χ4n) is 2.99. The van der Waals surface area contributed by atoms with E-state index in [0.717, 1.165) is 24.4 Å². The van der Waals surface area contributed by atoms with E-state index in [1.165, 1.54) is 13.8 Å². The molecule has 0 atom stereocenters. The van der Waals surface area contributed by atoms with Crippen molar-refractivity contribution in [2.45, 2.75) is 26.2 Å². The van der Waals surface area contributed by atoms with E-state index in [0.29, 0.717) is 4.52 Å². The van der Waals surface area contributed by atoms with Gasteiger partial charge in [-0.15, -0.1) is 0 Å². The summed E-state index contributed by atoms with van der Waals surface area (Å²) in [4.78, 5) is 26.5. The minimum atomic E-state index is -5.08. The highest BCUT2D eigenvalue weighted by molar-refractivity contribution is 5.91. The molecule has 6 nitrogen and oxygen atoms in total. The molecule has 0 amide bonds. The lowest BCUT2D eigenvalue weighted by Crippen LogP contribution is -2.18. The van der Waals surface area contributed by atoms with Crippen molar-refractivity contribution in [3.8, 4) is 11.3 Å². The summed E-state index contributed by atoms with van der Waals surface area (Å²) >= 11 is 0. The van der Waals surface area contributed by atoms with Gasteiger partial charge in [-0.3, -0.25) is 4.79 Å². The van der Waals surface area contributed by atoms with Gasteiger partial charge in [0.05, 0.1) is 24.1 Å². The summed E-state index contributed by atoms with van der Waals surface area (Å²) in [7, 11) is 0. The van der Waals surface area contributed by atoms with Gasteiger partial charge in [-0.25, -0.2) is 9.31 Å². The molecule has 1 N–H and O–H groups in total. The van der Waals surface area contributed by atoms with Crippen LogP contribution in [-0.2, 0) is 17.1 Å². The number of aromatic nitrogens is 3. The highest BCUT2D eigenvalue weighted by atomic mass is 19.4. The van der Waals surface area contributed by atoms with Crippen molar-refractivity contribution in [3.05, 3.63) is 57.1 Å². The van der Waals surface area contributed by atoms with Crippen molar-refractivity contribution in [1.29, 1.82) is 0 Å². The molecule has 0 radical (unpaired) electrons. The number of halogens is 6. The average molecular weight is 433 g/mol. The quantitative estimate of drug-likeness (QED) is 0.496. The molecule has 0 fully saturated rings. The first-order valence-electron chi connectivity index (χ1n) is 8.42. The lowest BCUT2D eigenvalue weighted by Gasteiger charge is -2.12. The Kier molecular flexibility index (Phi) is 5.12. The third-order valence-corrected chi connectivity index (χ3v) is 4.22. The van der Waals surface area contributed by atoms with Crippen molar-refractivity contribution in [3.63, 3.8) is 0 Å². The van der Waals surface area contributed by atoms with E-state index in [-0.39, 0.29) is 23.4 Å². The Morgan fingerprint density at radius 2 is 1.83 bits per heavy atom. The summed E-state index contributed by atoms with van der Waals surface area (Å²) in [5.41, 5.74) is -5.81. The van der Waals surface area contributed by atoms with E-state index < -0.39 is 46.2 Å². The topological polar surface area (TPSA) is 76.5 Å². The molecular formula is C18H13F6N3O3. The van der Waals surface area contributed by atoms with Crippen molar-refractivity contribution in [2.24, 2.45) is 0 Å². The van der Waals surface area contributed by atoms with Crippen LogP contribution in [0.15, 0.2) is 29.2 Å². The van der Waals surface area contributed by atoms with Gasteiger partial charge in [-0.05, 0) is 37.1 Å². The minimum absolute atomic E-state index is 0.0871. The molecule has 0 bridgehead atoms. The molecule has 0 spiro atoms.